The highest BCUT2D eigenvalue weighted by atomic mass is 32.2. The highest BCUT2D eigenvalue weighted by Gasteiger charge is 2.20. The molecule has 0 aliphatic heterocycles. The molecule has 0 spiro atoms. The number of ether oxygens (including phenoxy) is 1. The first-order valence-corrected chi connectivity index (χ1v) is 12.3. The third-order valence-corrected chi connectivity index (χ3v) is 6.44. The molecule has 10 heteroatoms. The summed E-state index contributed by atoms with van der Waals surface area (Å²) in [5, 5.41) is 6.66. The number of hydrogen-bond acceptors (Lipinski definition) is 7. The van der Waals surface area contributed by atoms with E-state index in [0.29, 0.717) is 17.9 Å². The van der Waals surface area contributed by atoms with Crippen LogP contribution in [0.2, 0.25) is 0 Å². The van der Waals surface area contributed by atoms with Crippen molar-refractivity contribution in [2.45, 2.75) is 33.2 Å². The van der Waals surface area contributed by atoms with Crippen LogP contribution in [0, 0.1) is 13.8 Å². The fourth-order valence-corrected chi connectivity index (χ4v) is 4.32. The summed E-state index contributed by atoms with van der Waals surface area (Å²) in [4.78, 5) is 16.6. The van der Waals surface area contributed by atoms with Crippen LogP contribution in [0.1, 0.15) is 29.9 Å². The van der Waals surface area contributed by atoms with Gasteiger partial charge >= 0.3 is 0 Å². The van der Waals surface area contributed by atoms with Crippen molar-refractivity contribution in [2.75, 3.05) is 24.2 Å². The van der Waals surface area contributed by atoms with E-state index >= 15 is 0 Å². The quantitative estimate of drug-likeness (QED) is 0.482. The number of anilines is 1. The maximum Gasteiger partial charge on any atom is 0.246 e. The summed E-state index contributed by atoms with van der Waals surface area (Å²) in [5.41, 5.74) is 3.31. The third-order valence-electron chi connectivity index (χ3n) is 5.26. The van der Waals surface area contributed by atoms with Crippen molar-refractivity contribution in [3.63, 3.8) is 0 Å². The number of benzene rings is 2. The van der Waals surface area contributed by atoms with Gasteiger partial charge in [0.05, 0.1) is 25.6 Å². The highest BCUT2D eigenvalue weighted by molar-refractivity contribution is 7.92. The van der Waals surface area contributed by atoms with Crippen molar-refractivity contribution in [1.82, 2.24) is 15.5 Å². The molecule has 0 saturated heterocycles. The minimum absolute atomic E-state index is 0.0920. The summed E-state index contributed by atoms with van der Waals surface area (Å²) in [7, 11) is -1.89. The zero-order chi connectivity index (χ0) is 24.0. The second kappa shape index (κ2) is 10.5. The second-order valence-corrected chi connectivity index (χ2v) is 9.58. The molecule has 1 aromatic heterocycles. The van der Waals surface area contributed by atoms with E-state index in [0.717, 1.165) is 22.4 Å². The van der Waals surface area contributed by atoms with E-state index in [-0.39, 0.29) is 31.3 Å². The predicted octanol–water partition coefficient (Wildman–Crippen LogP) is 3.22. The summed E-state index contributed by atoms with van der Waals surface area (Å²) in [6, 6.07) is 12.8. The minimum atomic E-state index is -3.48. The molecular formula is C23H28N4O5S. The maximum atomic E-state index is 12.3. The van der Waals surface area contributed by atoms with Crippen LogP contribution >= 0.6 is 0 Å². The molecule has 3 rings (SSSR count). The van der Waals surface area contributed by atoms with Gasteiger partial charge in [0.25, 0.3) is 0 Å². The Morgan fingerprint density at radius 1 is 1.15 bits per heavy atom. The first-order valence-electron chi connectivity index (χ1n) is 10.5. The number of carbonyl (C=O) groups is 1. The van der Waals surface area contributed by atoms with Crippen molar-refractivity contribution in [3.05, 3.63) is 59.5 Å². The number of nitrogens with zero attached hydrogens (tertiary/aromatic N) is 3. The van der Waals surface area contributed by atoms with Gasteiger partial charge in [-0.1, -0.05) is 17.3 Å². The lowest BCUT2D eigenvalue weighted by Crippen LogP contribution is -2.32. The van der Waals surface area contributed by atoms with Gasteiger partial charge in [-0.25, -0.2) is 8.42 Å². The minimum Gasteiger partial charge on any atom is -0.497 e. The Kier molecular flexibility index (Phi) is 7.70. The van der Waals surface area contributed by atoms with Gasteiger partial charge in [-0.3, -0.25) is 9.10 Å². The van der Waals surface area contributed by atoms with E-state index in [4.69, 9.17) is 9.26 Å². The molecule has 0 atom stereocenters. The molecule has 9 nitrogen and oxygen atoms in total. The fraction of sp³-hybridized carbons (Fsp3) is 0.348. The van der Waals surface area contributed by atoms with Gasteiger partial charge in [0, 0.05) is 18.5 Å². The summed E-state index contributed by atoms with van der Waals surface area (Å²) in [5.74, 6) is 1.19. The number of carbonyl (C=O) groups excluding carboxylic acids is 1. The van der Waals surface area contributed by atoms with Gasteiger partial charge < -0.3 is 14.6 Å². The highest BCUT2D eigenvalue weighted by Crippen LogP contribution is 2.25. The largest absolute Gasteiger partial charge is 0.497 e. The van der Waals surface area contributed by atoms with Crippen LogP contribution in [0.3, 0.4) is 0 Å². The lowest BCUT2D eigenvalue weighted by Gasteiger charge is -2.24. The van der Waals surface area contributed by atoms with Gasteiger partial charge in [-0.05, 0) is 61.7 Å². The van der Waals surface area contributed by atoms with Gasteiger partial charge in [0.1, 0.15) is 5.75 Å². The Morgan fingerprint density at radius 2 is 1.88 bits per heavy atom. The molecule has 0 radical (unpaired) electrons. The molecule has 0 fully saturated rings. The number of methoxy groups -OCH3 is 1. The lowest BCUT2D eigenvalue weighted by molar-refractivity contribution is -0.121. The average Bonchev–Trinajstić information content (AvgIpc) is 3.26. The summed E-state index contributed by atoms with van der Waals surface area (Å²) in [6.07, 6.45) is 1.70. The topological polar surface area (TPSA) is 115 Å². The Bertz CT molecular complexity index is 1210. The van der Waals surface area contributed by atoms with Crippen molar-refractivity contribution >= 4 is 21.6 Å². The van der Waals surface area contributed by atoms with Gasteiger partial charge in [0.2, 0.25) is 27.6 Å². The van der Waals surface area contributed by atoms with Gasteiger partial charge in [-0.15, -0.1) is 0 Å². The van der Waals surface area contributed by atoms with Crippen LogP contribution in [0.4, 0.5) is 5.69 Å². The Morgan fingerprint density at radius 3 is 2.55 bits per heavy atom. The molecule has 0 bridgehead atoms. The lowest BCUT2D eigenvalue weighted by atomic mass is 10.1. The molecule has 0 unspecified atom stereocenters. The number of rotatable bonds is 10. The summed E-state index contributed by atoms with van der Waals surface area (Å²) >= 11 is 0. The molecule has 2 aromatic carbocycles. The molecule has 0 saturated carbocycles. The summed E-state index contributed by atoms with van der Waals surface area (Å²) < 4.78 is 36.3. The second-order valence-electron chi connectivity index (χ2n) is 7.67. The van der Waals surface area contributed by atoms with Crippen molar-refractivity contribution in [1.29, 1.82) is 0 Å². The van der Waals surface area contributed by atoms with E-state index in [2.05, 4.69) is 15.5 Å². The smallest absolute Gasteiger partial charge is 0.246 e. The van der Waals surface area contributed by atoms with Gasteiger partial charge in [0.15, 0.2) is 0 Å². The Hall–Kier alpha value is -3.40. The average molecular weight is 473 g/mol. The fourth-order valence-electron chi connectivity index (χ4n) is 3.30. The number of sulfonamides is 1. The predicted molar refractivity (Wildman–Crippen MR) is 125 cm³/mol. The Balaban J connectivity index is 1.53. The number of hydrogen-bond donors (Lipinski definition) is 1. The van der Waals surface area contributed by atoms with Crippen molar-refractivity contribution in [3.8, 4) is 17.1 Å². The molecule has 1 amide bonds. The van der Waals surface area contributed by atoms with Crippen LogP contribution in [0.25, 0.3) is 11.4 Å². The normalized spacial score (nSPS) is 11.3. The van der Waals surface area contributed by atoms with E-state index in [9.17, 15) is 13.2 Å². The van der Waals surface area contributed by atoms with Crippen LogP contribution in [0.15, 0.2) is 47.0 Å². The SMILES string of the molecule is COc1ccc(-c2noc(CNC(=O)CCCN(c3cccc(C)c3C)S(C)(=O)=O)n2)cc1. The van der Waals surface area contributed by atoms with E-state index in [1.54, 1.807) is 25.3 Å². The molecule has 0 aliphatic rings. The van der Waals surface area contributed by atoms with Gasteiger partial charge in [-0.2, -0.15) is 4.98 Å². The first kappa shape index (κ1) is 24.2. The molecule has 1 N–H and O–H groups in total. The third kappa shape index (κ3) is 6.32. The van der Waals surface area contributed by atoms with Crippen LogP contribution in [0.5, 0.6) is 5.75 Å². The van der Waals surface area contributed by atoms with Crippen molar-refractivity contribution < 1.29 is 22.5 Å². The molecule has 33 heavy (non-hydrogen) atoms. The van der Waals surface area contributed by atoms with Crippen LogP contribution in [-0.4, -0.2) is 44.4 Å². The molecular weight excluding hydrogens is 444 g/mol. The number of aromatic nitrogens is 2. The zero-order valence-corrected chi connectivity index (χ0v) is 20.0. The molecule has 1 heterocycles. The van der Waals surface area contributed by atoms with E-state index in [1.807, 2.05) is 38.1 Å². The van der Waals surface area contributed by atoms with E-state index in [1.165, 1.54) is 10.6 Å². The van der Waals surface area contributed by atoms with E-state index < -0.39 is 10.0 Å². The number of nitrogens with one attached hydrogen (secondary N) is 1. The summed E-state index contributed by atoms with van der Waals surface area (Å²) in [6.45, 7) is 4.12. The standard InChI is InChI=1S/C23H28N4O5S/c1-16-7-5-8-20(17(16)2)27(33(4,29)30)14-6-9-21(28)24-15-22-25-23(26-32-22)18-10-12-19(31-3)13-11-18/h5,7-8,10-13H,6,9,14-15H2,1-4H3,(H,24,28). The Labute approximate surface area is 193 Å². The van der Waals surface area contributed by atoms with Crippen LogP contribution in [-0.2, 0) is 21.4 Å². The maximum absolute atomic E-state index is 12.3. The first-order chi connectivity index (χ1) is 15.7. The molecule has 0 aliphatic carbocycles. The van der Waals surface area contributed by atoms with Crippen molar-refractivity contribution in [2.24, 2.45) is 0 Å². The van der Waals surface area contributed by atoms with Crippen LogP contribution < -0.4 is 14.4 Å². The number of aryl methyl sites for hydroxylation is 1. The monoisotopic (exact) mass is 472 g/mol. The molecule has 176 valence electrons. The zero-order valence-electron chi connectivity index (χ0n) is 19.2. The number of amides is 1. The molecule has 3 aromatic rings.